The van der Waals surface area contributed by atoms with Crippen LogP contribution in [-0.4, -0.2) is 43.2 Å². The van der Waals surface area contributed by atoms with Gasteiger partial charge >= 0.3 is 24.3 Å². The number of aliphatic imine (C=N–C) groups is 1. The van der Waals surface area contributed by atoms with Crippen LogP contribution >= 0.6 is 15.9 Å². The Morgan fingerprint density at radius 2 is 1.52 bits per heavy atom. The fraction of sp³-hybridized carbons (Fsp3) is 0.471. The zero-order valence-corrected chi connectivity index (χ0v) is 16.7. The molecule has 12 heteroatoms. The lowest BCUT2D eigenvalue weighted by Crippen LogP contribution is -2.40. The summed E-state index contributed by atoms with van der Waals surface area (Å²) >= 11 is 3.03. The summed E-state index contributed by atoms with van der Waals surface area (Å²) < 4.78 is 86.9. The van der Waals surface area contributed by atoms with E-state index in [2.05, 4.69) is 30.4 Å². The van der Waals surface area contributed by atoms with Crippen molar-refractivity contribution >= 4 is 34.1 Å². The van der Waals surface area contributed by atoms with Crippen molar-refractivity contribution in [2.24, 2.45) is 4.99 Å². The van der Waals surface area contributed by atoms with Gasteiger partial charge in [0.25, 0.3) is 0 Å². The Labute approximate surface area is 170 Å². The maximum Gasteiger partial charge on any atom is 0.416 e. The van der Waals surface area contributed by atoms with Gasteiger partial charge in [0.05, 0.1) is 25.3 Å². The number of carbonyl (C=O) groups excluding carboxylic acids is 2. The second kappa shape index (κ2) is 9.59. The first-order valence-corrected chi connectivity index (χ1v) is 8.97. The molecule has 0 saturated heterocycles. The highest BCUT2D eigenvalue weighted by molar-refractivity contribution is 9.09. The van der Waals surface area contributed by atoms with Crippen molar-refractivity contribution in [1.29, 1.82) is 0 Å². The van der Waals surface area contributed by atoms with Crippen LogP contribution in [0.5, 0.6) is 0 Å². The highest BCUT2D eigenvalue weighted by Crippen LogP contribution is 2.36. The number of esters is 2. The predicted molar refractivity (Wildman–Crippen MR) is 93.8 cm³/mol. The van der Waals surface area contributed by atoms with Gasteiger partial charge in [-0.15, -0.1) is 0 Å². The van der Waals surface area contributed by atoms with E-state index >= 15 is 0 Å². The van der Waals surface area contributed by atoms with Gasteiger partial charge in [0, 0.05) is 18.0 Å². The fourth-order valence-electron chi connectivity index (χ4n) is 2.23. The third-order valence-corrected chi connectivity index (χ3v) is 4.76. The van der Waals surface area contributed by atoms with Gasteiger partial charge < -0.3 is 9.47 Å². The van der Waals surface area contributed by atoms with Crippen molar-refractivity contribution in [3.05, 3.63) is 34.9 Å². The fourth-order valence-corrected chi connectivity index (χ4v) is 2.88. The number of ether oxygens (including phenoxy) is 2. The Morgan fingerprint density at radius 3 is 1.90 bits per heavy atom. The third-order valence-electron chi connectivity index (χ3n) is 3.83. The Balaban J connectivity index is 3.43. The summed E-state index contributed by atoms with van der Waals surface area (Å²) in [6.07, 6.45) is -9.88. The highest BCUT2D eigenvalue weighted by Gasteiger charge is 2.39. The van der Waals surface area contributed by atoms with Gasteiger partial charge in [0.1, 0.15) is 0 Å². The van der Waals surface area contributed by atoms with Crippen LogP contribution in [0.2, 0.25) is 0 Å². The molecule has 0 spiro atoms. The molecule has 0 amide bonds. The van der Waals surface area contributed by atoms with E-state index < -0.39 is 46.5 Å². The zero-order valence-electron chi connectivity index (χ0n) is 15.2. The molecule has 0 saturated carbocycles. The number of rotatable bonds is 7. The summed E-state index contributed by atoms with van der Waals surface area (Å²) in [5.41, 5.74) is -5.33. The van der Waals surface area contributed by atoms with E-state index in [-0.39, 0.29) is 24.2 Å². The van der Waals surface area contributed by atoms with E-state index in [1.165, 1.54) is 0 Å². The molecular weight excluding hydrogens is 476 g/mol. The number of methoxy groups -OCH3 is 2. The zero-order chi connectivity index (χ0) is 22.5. The van der Waals surface area contributed by atoms with Gasteiger partial charge in [-0.25, -0.2) is 4.79 Å². The molecule has 29 heavy (non-hydrogen) atoms. The number of halogens is 7. The monoisotopic (exact) mass is 491 g/mol. The van der Waals surface area contributed by atoms with Gasteiger partial charge in [-0.1, -0.05) is 15.9 Å². The number of alkyl halides is 7. The molecule has 5 nitrogen and oxygen atoms in total. The van der Waals surface area contributed by atoms with Gasteiger partial charge in [-0.05, 0) is 30.2 Å². The average Bonchev–Trinajstić information content (AvgIpc) is 2.66. The number of carbonyl (C=O) groups is 2. The quantitative estimate of drug-likeness (QED) is 0.245. The molecule has 1 atom stereocenters. The Hall–Kier alpha value is -2.11. The second-order valence-corrected chi connectivity index (χ2v) is 6.39. The topological polar surface area (TPSA) is 65.0 Å². The summed E-state index contributed by atoms with van der Waals surface area (Å²) in [4.78, 5) is 27.4. The van der Waals surface area contributed by atoms with Crippen LogP contribution in [0.4, 0.5) is 26.3 Å². The van der Waals surface area contributed by atoms with Gasteiger partial charge in [-0.2, -0.15) is 26.3 Å². The summed E-state index contributed by atoms with van der Waals surface area (Å²) in [5.74, 6) is -1.62. The van der Waals surface area contributed by atoms with Crippen LogP contribution in [-0.2, 0) is 31.4 Å². The molecule has 1 aromatic rings. The van der Waals surface area contributed by atoms with Crippen molar-refractivity contribution in [1.82, 2.24) is 0 Å². The standard InChI is InChI=1S/C17H16BrF6NO4/c1-28-13(26)3-4-15(9-18,14(27)29-2)25-8-10-5-11(16(19,20)21)7-12(6-10)17(22,23)24/h5-8H,3-4,9H2,1-2H3. The van der Waals surface area contributed by atoms with Gasteiger partial charge in [0.2, 0.25) is 0 Å². The summed E-state index contributed by atoms with van der Waals surface area (Å²) in [5, 5.41) is -0.203. The lowest BCUT2D eigenvalue weighted by atomic mass is 9.96. The Kier molecular flexibility index (Phi) is 8.25. The molecule has 1 unspecified atom stereocenters. The molecule has 0 N–H and O–H groups in total. The van der Waals surface area contributed by atoms with E-state index in [0.717, 1.165) is 14.2 Å². The molecule has 0 aromatic heterocycles. The first-order chi connectivity index (χ1) is 13.3. The Morgan fingerprint density at radius 1 is 1.00 bits per heavy atom. The third kappa shape index (κ3) is 6.72. The largest absolute Gasteiger partial charge is 0.469 e. The van der Waals surface area contributed by atoms with E-state index in [1.807, 2.05) is 0 Å². The minimum Gasteiger partial charge on any atom is -0.469 e. The molecule has 0 fully saturated rings. The molecule has 0 bridgehead atoms. The minimum absolute atomic E-state index is 0.0212. The van der Waals surface area contributed by atoms with Gasteiger partial charge in [0.15, 0.2) is 5.54 Å². The minimum atomic E-state index is -5.02. The molecule has 0 aliphatic heterocycles. The first-order valence-electron chi connectivity index (χ1n) is 7.85. The lowest BCUT2D eigenvalue weighted by molar-refractivity contribution is -0.147. The van der Waals surface area contributed by atoms with E-state index in [4.69, 9.17) is 0 Å². The van der Waals surface area contributed by atoms with Crippen molar-refractivity contribution in [2.45, 2.75) is 30.7 Å². The smallest absolute Gasteiger partial charge is 0.416 e. The summed E-state index contributed by atoms with van der Waals surface area (Å²) in [6, 6.07) is 0.914. The molecule has 0 aliphatic rings. The van der Waals surface area contributed by atoms with Crippen LogP contribution in [0.25, 0.3) is 0 Å². The van der Waals surface area contributed by atoms with Gasteiger partial charge in [-0.3, -0.25) is 9.79 Å². The van der Waals surface area contributed by atoms with Crippen molar-refractivity contribution < 1.29 is 45.4 Å². The highest BCUT2D eigenvalue weighted by atomic mass is 79.9. The molecule has 0 heterocycles. The summed E-state index contributed by atoms with van der Waals surface area (Å²) in [7, 11) is 2.14. The molecule has 162 valence electrons. The van der Waals surface area contributed by atoms with E-state index in [9.17, 15) is 35.9 Å². The average molecular weight is 492 g/mol. The second-order valence-electron chi connectivity index (χ2n) is 5.83. The summed E-state index contributed by atoms with van der Waals surface area (Å²) in [6.45, 7) is 0. The number of hydrogen-bond acceptors (Lipinski definition) is 5. The molecule has 1 rings (SSSR count). The van der Waals surface area contributed by atoms with Crippen LogP contribution < -0.4 is 0 Å². The maximum atomic E-state index is 13.0. The van der Waals surface area contributed by atoms with Crippen LogP contribution in [0.1, 0.15) is 29.5 Å². The SMILES string of the molecule is COC(=O)CCC(CBr)(N=Cc1cc(C(F)(F)F)cc(C(F)(F)F)c1)C(=O)OC. The normalized spacial score (nSPS) is 14.5. The number of benzene rings is 1. The number of hydrogen-bond donors (Lipinski definition) is 0. The van der Waals surface area contributed by atoms with Crippen molar-refractivity contribution in [3.63, 3.8) is 0 Å². The molecule has 0 aliphatic carbocycles. The first kappa shape index (κ1) is 24.9. The van der Waals surface area contributed by atoms with Crippen LogP contribution in [0.3, 0.4) is 0 Å². The predicted octanol–water partition coefficient (Wildman–Crippen LogP) is 4.40. The molecule has 0 radical (unpaired) electrons. The van der Waals surface area contributed by atoms with E-state index in [1.54, 1.807) is 0 Å². The van der Waals surface area contributed by atoms with Crippen molar-refractivity contribution in [2.75, 3.05) is 19.5 Å². The van der Waals surface area contributed by atoms with Crippen molar-refractivity contribution in [3.8, 4) is 0 Å². The molecular formula is C17H16BrF6NO4. The number of nitrogens with zero attached hydrogens (tertiary/aromatic N) is 1. The van der Waals surface area contributed by atoms with Crippen LogP contribution in [0.15, 0.2) is 23.2 Å². The van der Waals surface area contributed by atoms with E-state index in [0.29, 0.717) is 18.3 Å². The lowest BCUT2D eigenvalue weighted by Gasteiger charge is -2.24. The Bertz CT molecular complexity index is 746. The van der Waals surface area contributed by atoms with Crippen LogP contribution in [0, 0.1) is 0 Å². The maximum absolute atomic E-state index is 13.0. The molecule has 1 aromatic carbocycles.